The Bertz CT molecular complexity index is 505. The number of allylic oxidation sites excluding steroid dienone is 2. The van der Waals surface area contributed by atoms with Crippen molar-refractivity contribution in [1.82, 2.24) is 0 Å². The van der Waals surface area contributed by atoms with Crippen LogP contribution in [0.15, 0.2) is 72.8 Å². The molecule has 0 aliphatic carbocycles. The summed E-state index contributed by atoms with van der Waals surface area (Å²) in [5, 5.41) is 0. The molecule has 0 bridgehead atoms. The van der Waals surface area contributed by atoms with E-state index in [4.69, 9.17) is 0 Å². The summed E-state index contributed by atoms with van der Waals surface area (Å²) in [6.45, 7) is 0. The Kier molecular flexibility index (Phi) is 7.12. The summed E-state index contributed by atoms with van der Waals surface area (Å²) in [5.41, 5.74) is 2.05. The number of ketones is 1. The van der Waals surface area contributed by atoms with E-state index in [1.54, 1.807) is 12.2 Å². The molecule has 90 valence electrons. The molecule has 2 aromatic rings. The molecule has 1 nitrogen and oxygen atoms in total. The fourth-order valence-corrected chi connectivity index (χ4v) is 1.54. The van der Waals surface area contributed by atoms with Gasteiger partial charge in [0.25, 0.3) is 0 Å². The number of carbonyl (C=O) groups excluding carboxylic acids is 1. The number of rotatable bonds is 4. The number of hydrogen-bond acceptors (Lipinski definition) is 1. The van der Waals surface area contributed by atoms with Crippen molar-refractivity contribution in [3.63, 3.8) is 0 Å². The van der Waals surface area contributed by atoms with Crippen molar-refractivity contribution < 1.29 is 4.79 Å². The van der Waals surface area contributed by atoms with Gasteiger partial charge in [0, 0.05) is 0 Å². The zero-order chi connectivity index (χ0) is 12.6. The van der Waals surface area contributed by atoms with Gasteiger partial charge in [0.1, 0.15) is 0 Å². The van der Waals surface area contributed by atoms with E-state index in [1.165, 1.54) is 0 Å². The predicted molar refractivity (Wildman–Crippen MR) is 83.1 cm³/mol. The van der Waals surface area contributed by atoms with Crippen molar-refractivity contribution >= 4 is 47.5 Å². The van der Waals surface area contributed by atoms with Gasteiger partial charge in [-0.05, 0) is 23.3 Å². The first-order chi connectivity index (χ1) is 8.84. The van der Waals surface area contributed by atoms with E-state index in [1.807, 2.05) is 72.8 Å². The fourth-order valence-electron chi connectivity index (χ4n) is 1.54. The number of carbonyl (C=O) groups is 1. The molecule has 2 rings (SSSR count). The van der Waals surface area contributed by atoms with Crippen LogP contribution in [0.2, 0.25) is 0 Å². The van der Waals surface area contributed by atoms with E-state index in [0.29, 0.717) is 0 Å². The van der Waals surface area contributed by atoms with Gasteiger partial charge in [-0.25, -0.2) is 0 Å². The molecule has 19 heavy (non-hydrogen) atoms. The molecule has 0 saturated heterocycles. The van der Waals surface area contributed by atoms with Gasteiger partial charge in [0.2, 0.25) is 0 Å². The summed E-state index contributed by atoms with van der Waals surface area (Å²) in [7, 11) is 0. The number of benzene rings is 2. The predicted octanol–water partition coefficient (Wildman–Crippen LogP) is 3.33. The first kappa shape index (κ1) is 15.6. The molecule has 0 radical (unpaired) electrons. The minimum absolute atomic E-state index is 0. The maximum atomic E-state index is 11.6. The molecule has 0 amide bonds. The molecular formula is C17H15NaO. The quantitative estimate of drug-likeness (QED) is 0.607. The Balaban J connectivity index is 0.00000180. The van der Waals surface area contributed by atoms with Gasteiger partial charge in [0.15, 0.2) is 5.78 Å². The van der Waals surface area contributed by atoms with Crippen LogP contribution in [0.4, 0.5) is 0 Å². The number of hydrogen-bond donors (Lipinski definition) is 0. The minimum atomic E-state index is -0.0114. The van der Waals surface area contributed by atoms with Crippen molar-refractivity contribution in [2.75, 3.05) is 0 Å². The average Bonchev–Trinajstić information content (AvgIpc) is 2.45. The molecule has 0 aliphatic rings. The van der Waals surface area contributed by atoms with Crippen LogP contribution >= 0.6 is 0 Å². The Morgan fingerprint density at radius 2 is 1.05 bits per heavy atom. The third kappa shape index (κ3) is 5.84. The van der Waals surface area contributed by atoms with E-state index < -0.39 is 0 Å². The van der Waals surface area contributed by atoms with Gasteiger partial charge in [-0.1, -0.05) is 72.8 Å². The van der Waals surface area contributed by atoms with Gasteiger partial charge >= 0.3 is 29.6 Å². The first-order valence-electron chi connectivity index (χ1n) is 5.85. The summed E-state index contributed by atoms with van der Waals surface area (Å²) < 4.78 is 0. The normalized spacial score (nSPS) is 10.5. The summed E-state index contributed by atoms with van der Waals surface area (Å²) >= 11 is 0. The molecule has 0 unspecified atom stereocenters. The van der Waals surface area contributed by atoms with Gasteiger partial charge in [-0.3, -0.25) is 4.79 Å². The van der Waals surface area contributed by atoms with Gasteiger partial charge in [-0.2, -0.15) is 0 Å². The van der Waals surface area contributed by atoms with Crippen LogP contribution in [0.5, 0.6) is 0 Å². The topological polar surface area (TPSA) is 17.1 Å². The van der Waals surface area contributed by atoms with Crippen LogP contribution in [-0.2, 0) is 4.79 Å². The van der Waals surface area contributed by atoms with E-state index in [9.17, 15) is 4.79 Å². The zero-order valence-electron chi connectivity index (χ0n) is 9.99. The SMILES string of the molecule is O=C(C=Cc1ccccc1)C=Cc1ccccc1.[NaH]. The van der Waals surface area contributed by atoms with E-state index >= 15 is 0 Å². The summed E-state index contributed by atoms with van der Waals surface area (Å²) in [4.78, 5) is 11.6. The van der Waals surface area contributed by atoms with Crippen LogP contribution in [-0.4, -0.2) is 35.3 Å². The second-order valence-electron chi connectivity index (χ2n) is 3.89. The zero-order valence-corrected chi connectivity index (χ0v) is 9.99. The molecule has 0 saturated carbocycles. The van der Waals surface area contributed by atoms with Crippen LogP contribution < -0.4 is 0 Å². The summed E-state index contributed by atoms with van der Waals surface area (Å²) in [5.74, 6) is -0.0114. The molecule has 2 heteroatoms. The first-order valence-corrected chi connectivity index (χ1v) is 5.85. The molecule has 0 atom stereocenters. The standard InChI is InChI=1S/C17H14O.Na.H/c18-17(13-11-15-7-3-1-4-8-15)14-12-16-9-5-2-6-10-16;;/h1-14H;;. The van der Waals surface area contributed by atoms with Crippen molar-refractivity contribution in [2.45, 2.75) is 0 Å². The van der Waals surface area contributed by atoms with E-state index in [-0.39, 0.29) is 35.3 Å². The fraction of sp³-hybridized carbons (Fsp3) is 0. The van der Waals surface area contributed by atoms with Crippen molar-refractivity contribution in [2.24, 2.45) is 0 Å². The molecule has 0 aliphatic heterocycles. The van der Waals surface area contributed by atoms with Gasteiger partial charge < -0.3 is 0 Å². The summed E-state index contributed by atoms with van der Waals surface area (Å²) in [6, 6.07) is 19.6. The van der Waals surface area contributed by atoms with Crippen LogP contribution in [0.3, 0.4) is 0 Å². The average molecular weight is 258 g/mol. The van der Waals surface area contributed by atoms with Crippen LogP contribution in [0.1, 0.15) is 11.1 Å². The van der Waals surface area contributed by atoms with Gasteiger partial charge in [0.05, 0.1) is 0 Å². The monoisotopic (exact) mass is 258 g/mol. The van der Waals surface area contributed by atoms with Crippen molar-refractivity contribution in [3.05, 3.63) is 83.9 Å². The summed E-state index contributed by atoms with van der Waals surface area (Å²) in [6.07, 6.45) is 6.79. The second kappa shape index (κ2) is 8.65. The molecular weight excluding hydrogens is 243 g/mol. The molecule has 0 fully saturated rings. The Morgan fingerprint density at radius 3 is 1.42 bits per heavy atom. The third-order valence-corrected chi connectivity index (χ3v) is 2.48. The van der Waals surface area contributed by atoms with Crippen LogP contribution in [0, 0.1) is 0 Å². The van der Waals surface area contributed by atoms with Crippen molar-refractivity contribution in [3.8, 4) is 0 Å². The van der Waals surface area contributed by atoms with E-state index in [2.05, 4.69) is 0 Å². The van der Waals surface area contributed by atoms with Crippen LogP contribution in [0.25, 0.3) is 12.2 Å². The van der Waals surface area contributed by atoms with Gasteiger partial charge in [-0.15, -0.1) is 0 Å². The van der Waals surface area contributed by atoms with Crippen molar-refractivity contribution in [1.29, 1.82) is 0 Å². The van der Waals surface area contributed by atoms with E-state index in [0.717, 1.165) is 11.1 Å². The Hall–Kier alpha value is -1.41. The second-order valence-corrected chi connectivity index (χ2v) is 3.89. The maximum absolute atomic E-state index is 11.6. The molecule has 2 aromatic carbocycles. The molecule has 0 heterocycles. The Morgan fingerprint density at radius 1 is 0.684 bits per heavy atom. The molecule has 0 N–H and O–H groups in total. The third-order valence-electron chi connectivity index (χ3n) is 2.48. The molecule has 0 spiro atoms. The Labute approximate surface area is 136 Å². The molecule has 0 aromatic heterocycles.